The van der Waals surface area contributed by atoms with Gasteiger partial charge in [0.05, 0.1) is 0 Å². The fourth-order valence-corrected chi connectivity index (χ4v) is 0.253. The highest BCUT2D eigenvalue weighted by atomic mass is 16.2. The minimum absolute atomic E-state index is 0.278. The van der Waals surface area contributed by atoms with Crippen LogP contribution >= 0.6 is 0 Å². The van der Waals surface area contributed by atoms with Crippen LogP contribution in [0.4, 0.5) is 0 Å². The number of ketones is 1. The van der Waals surface area contributed by atoms with E-state index in [4.69, 9.17) is 4.79 Å². The average molecular weight is 152 g/mol. The molecule has 0 aliphatic carbocycles. The maximum absolute atomic E-state index is 9.44. The first kappa shape index (κ1) is 9.42. The third-order valence-corrected chi connectivity index (χ3v) is 0.644. The van der Waals surface area contributed by atoms with Crippen molar-refractivity contribution < 1.29 is 9.59 Å². The van der Waals surface area contributed by atoms with Crippen LogP contribution in [0.15, 0.2) is 24.8 Å². The lowest BCUT2D eigenvalue weighted by molar-refractivity contribution is -0.128. The average Bonchev–Trinajstić information content (AvgIpc) is 2.09. The molecule has 0 aliphatic heterocycles. The van der Waals surface area contributed by atoms with Crippen LogP contribution in [0.5, 0.6) is 0 Å². The molecule has 0 fully saturated rings. The first-order valence-corrected chi connectivity index (χ1v) is 2.93. The van der Waals surface area contributed by atoms with E-state index in [1.54, 1.807) is 18.5 Å². The van der Waals surface area contributed by atoms with Crippen molar-refractivity contribution in [1.29, 1.82) is 0 Å². The lowest BCUT2D eigenvalue weighted by Crippen LogP contribution is -1.85. The van der Waals surface area contributed by atoms with Crippen LogP contribution in [-0.4, -0.2) is 22.0 Å². The summed E-state index contributed by atoms with van der Waals surface area (Å²) in [4.78, 5) is 25.9. The van der Waals surface area contributed by atoms with E-state index in [1.165, 1.54) is 13.3 Å². The summed E-state index contributed by atoms with van der Waals surface area (Å²) in [6.45, 7) is 1.22. The van der Waals surface area contributed by atoms with Gasteiger partial charge in [-0.3, -0.25) is 9.59 Å². The predicted molar refractivity (Wildman–Crippen MR) is 38.8 cm³/mol. The smallest absolute Gasteiger partial charge is 0.192 e. The van der Waals surface area contributed by atoms with Crippen LogP contribution in [0, 0.1) is 0 Å². The molecule has 0 unspecified atom stereocenters. The summed E-state index contributed by atoms with van der Waals surface area (Å²) in [6.07, 6.45) is 5.15. The molecule has 4 heteroatoms. The van der Waals surface area contributed by atoms with E-state index in [1.807, 2.05) is 0 Å². The molecule has 0 saturated carbocycles. The van der Waals surface area contributed by atoms with E-state index in [9.17, 15) is 4.79 Å². The van der Waals surface area contributed by atoms with Crippen molar-refractivity contribution in [2.75, 3.05) is 0 Å². The van der Waals surface area contributed by atoms with Gasteiger partial charge in [-0.15, -0.1) is 0 Å². The number of carbonyl (C=O) groups excluding carboxylic acids is 2. The highest BCUT2D eigenvalue weighted by Crippen LogP contribution is 1.66. The Balaban J connectivity index is 0.000000187. The number of hydrogen-bond acceptors (Lipinski definition) is 4. The molecule has 0 amide bonds. The number of hydrogen-bond donors (Lipinski definition) is 0. The summed E-state index contributed by atoms with van der Waals surface area (Å²) in [5.74, 6) is -0.426. The van der Waals surface area contributed by atoms with E-state index in [0.29, 0.717) is 0 Å². The van der Waals surface area contributed by atoms with Crippen LogP contribution in [-0.2, 0) is 9.59 Å². The second-order valence-electron chi connectivity index (χ2n) is 1.63. The molecule has 1 rings (SSSR count). The van der Waals surface area contributed by atoms with E-state index in [-0.39, 0.29) is 6.29 Å². The SMILES string of the molecule is CC(=O)C=O.c1cncnc1. The van der Waals surface area contributed by atoms with Gasteiger partial charge in [0, 0.05) is 19.3 Å². The molecule has 0 aromatic carbocycles. The molecule has 11 heavy (non-hydrogen) atoms. The van der Waals surface area contributed by atoms with Gasteiger partial charge in [0.2, 0.25) is 0 Å². The minimum atomic E-state index is -0.426. The zero-order valence-corrected chi connectivity index (χ0v) is 6.10. The van der Waals surface area contributed by atoms with Gasteiger partial charge in [-0.2, -0.15) is 0 Å². The Labute approximate surface area is 64.3 Å². The van der Waals surface area contributed by atoms with Crippen LogP contribution in [0.25, 0.3) is 0 Å². The highest BCUT2D eigenvalue weighted by molar-refractivity contribution is 6.23. The molecule has 1 heterocycles. The van der Waals surface area contributed by atoms with Gasteiger partial charge < -0.3 is 0 Å². The van der Waals surface area contributed by atoms with Crippen LogP contribution in [0.2, 0.25) is 0 Å². The van der Waals surface area contributed by atoms with Crippen molar-refractivity contribution in [3.8, 4) is 0 Å². The Morgan fingerprint density at radius 3 is 1.91 bits per heavy atom. The van der Waals surface area contributed by atoms with E-state index >= 15 is 0 Å². The van der Waals surface area contributed by atoms with E-state index in [2.05, 4.69) is 9.97 Å². The minimum Gasteiger partial charge on any atom is -0.295 e. The van der Waals surface area contributed by atoms with Crippen molar-refractivity contribution in [2.24, 2.45) is 0 Å². The summed E-state index contributed by atoms with van der Waals surface area (Å²) in [7, 11) is 0. The van der Waals surface area contributed by atoms with Gasteiger partial charge in [-0.25, -0.2) is 9.97 Å². The molecule has 0 saturated heterocycles. The Bertz CT molecular complexity index is 184. The van der Waals surface area contributed by atoms with Gasteiger partial charge in [0.15, 0.2) is 12.1 Å². The zero-order chi connectivity index (χ0) is 8.53. The fourth-order valence-electron chi connectivity index (χ4n) is 0.253. The molecule has 0 radical (unpaired) electrons. The van der Waals surface area contributed by atoms with E-state index < -0.39 is 5.78 Å². The lowest BCUT2D eigenvalue weighted by Gasteiger charge is -1.70. The number of nitrogens with zero attached hydrogens (tertiary/aromatic N) is 2. The second-order valence-corrected chi connectivity index (χ2v) is 1.63. The zero-order valence-electron chi connectivity index (χ0n) is 6.10. The van der Waals surface area contributed by atoms with Crippen LogP contribution in [0.1, 0.15) is 6.92 Å². The Morgan fingerprint density at radius 2 is 1.82 bits per heavy atom. The Hall–Kier alpha value is -1.58. The van der Waals surface area contributed by atoms with Crippen molar-refractivity contribution in [3.63, 3.8) is 0 Å². The largest absolute Gasteiger partial charge is 0.295 e. The van der Waals surface area contributed by atoms with Gasteiger partial charge in [-0.05, 0) is 6.07 Å². The summed E-state index contributed by atoms with van der Waals surface area (Å²) >= 11 is 0. The van der Waals surface area contributed by atoms with Gasteiger partial charge >= 0.3 is 0 Å². The van der Waals surface area contributed by atoms with Crippen molar-refractivity contribution in [3.05, 3.63) is 24.8 Å². The molecular formula is C7H8N2O2. The molecule has 0 aliphatic rings. The molecular weight excluding hydrogens is 144 g/mol. The lowest BCUT2D eigenvalue weighted by atomic mass is 10.5. The first-order chi connectivity index (χ1) is 5.27. The summed E-state index contributed by atoms with van der Waals surface area (Å²) in [5, 5.41) is 0. The monoisotopic (exact) mass is 152 g/mol. The van der Waals surface area contributed by atoms with Crippen LogP contribution in [0.3, 0.4) is 0 Å². The van der Waals surface area contributed by atoms with E-state index in [0.717, 1.165) is 0 Å². The fraction of sp³-hybridized carbons (Fsp3) is 0.143. The van der Waals surface area contributed by atoms with Crippen molar-refractivity contribution in [2.45, 2.75) is 6.92 Å². The Morgan fingerprint density at radius 1 is 1.36 bits per heavy atom. The van der Waals surface area contributed by atoms with Gasteiger partial charge in [0.25, 0.3) is 0 Å². The standard InChI is InChI=1S/C4H4N2.C3H4O2/c1-2-5-4-6-3-1;1-3(5)2-4/h1-4H;2H,1H3. The normalized spacial score (nSPS) is 7.36. The van der Waals surface area contributed by atoms with Crippen molar-refractivity contribution >= 4 is 12.1 Å². The molecule has 1 aromatic heterocycles. The summed E-state index contributed by atoms with van der Waals surface area (Å²) < 4.78 is 0. The molecule has 1 aromatic rings. The molecule has 4 nitrogen and oxygen atoms in total. The molecule has 0 bridgehead atoms. The quantitative estimate of drug-likeness (QED) is 0.427. The maximum atomic E-state index is 9.44. The first-order valence-electron chi connectivity index (χ1n) is 2.93. The molecule has 0 atom stereocenters. The second kappa shape index (κ2) is 6.54. The predicted octanol–water partition coefficient (Wildman–Crippen LogP) is 0.251. The number of aromatic nitrogens is 2. The summed E-state index contributed by atoms with van der Waals surface area (Å²) in [6, 6.07) is 1.78. The number of Topliss-reactive ketones (excluding diaryl/α,β-unsaturated/α-hetero) is 1. The van der Waals surface area contributed by atoms with Gasteiger partial charge in [0.1, 0.15) is 6.33 Å². The number of carbonyl (C=O) groups is 2. The Kier molecular flexibility index (Phi) is 5.60. The third-order valence-electron chi connectivity index (χ3n) is 0.644. The number of rotatable bonds is 1. The van der Waals surface area contributed by atoms with Crippen molar-refractivity contribution in [1.82, 2.24) is 9.97 Å². The molecule has 0 spiro atoms. The van der Waals surface area contributed by atoms with Gasteiger partial charge in [-0.1, -0.05) is 0 Å². The summed E-state index contributed by atoms with van der Waals surface area (Å²) in [5.41, 5.74) is 0. The highest BCUT2D eigenvalue weighted by Gasteiger charge is 1.76. The number of aldehydes is 1. The molecule has 0 N–H and O–H groups in total. The molecule has 58 valence electrons. The maximum Gasteiger partial charge on any atom is 0.192 e. The van der Waals surface area contributed by atoms with Crippen LogP contribution < -0.4 is 0 Å². The topological polar surface area (TPSA) is 59.9 Å². The third kappa shape index (κ3) is 8.42.